The van der Waals surface area contributed by atoms with Gasteiger partial charge >= 0.3 is 5.97 Å². The maximum absolute atomic E-state index is 14.7. The summed E-state index contributed by atoms with van der Waals surface area (Å²) >= 11 is 0. The molecule has 356 valence electrons. The first kappa shape index (κ1) is 48.4. The molecule has 6 heterocycles. The Morgan fingerprint density at radius 1 is 1.14 bits per heavy atom. The van der Waals surface area contributed by atoms with Gasteiger partial charge < -0.3 is 39.2 Å². The van der Waals surface area contributed by atoms with Gasteiger partial charge in [0.2, 0.25) is 17.7 Å². The molecule has 1 aromatic carbocycles. The molecule has 2 saturated heterocycles. The predicted octanol–water partition coefficient (Wildman–Crippen LogP) is 4.55. The molecular weight excluding hydrogens is 841 g/mol. The first-order valence-electron chi connectivity index (χ1n) is 23.4. The van der Waals surface area contributed by atoms with Crippen molar-refractivity contribution < 1.29 is 38.6 Å². The lowest BCUT2D eigenvalue weighted by Gasteiger charge is -2.38. The fraction of sp³-hybridized carbons (Fsp3) is 0.560. The Hall–Kier alpha value is -5.58. The Morgan fingerprint density at radius 2 is 1.91 bits per heavy atom. The molecule has 0 spiro atoms. The number of aliphatic hydroxyl groups is 1. The summed E-state index contributed by atoms with van der Waals surface area (Å²) in [5.41, 5.74) is 9.12. The Kier molecular flexibility index (Phi) is 14.7. The molecule has 2 fully saturated rings. The quantitative estimate of drug-likeness (QED) is 0.148. The van der Waals surface area contributed by atoms with Crippen molar-refractivity contribution in [1.82, 2.24) is 35.1 Å². The normalized spacial score (nSPS) is 23.5. The number of nitrogens with one attached hydrogen (secondary N) is 2. The lowest BCUT2D eigenvalue weighted by Crippen LogP contribution is -2.62. The number of aromatic nitrogens is 2. The highest BCUT2D eigenvalue weighted by molar-refractivity contribution is 5.96. The van der Waals surface area contributed by atoms with Gasteiger partial charge in [0.25, 0.3) is 5.91 Å². The second-order valence-electron chi connectivity index (χ2n) is 19.5. The average molecular weight is 909 g/mol. The molecule has 4 aliphatic rings. The zero-order chi connectivity index (χ0) is 47.6. The molecule has 16 heteroatoms. The van der Waals surface area contributed by atoms with Crippen molar-refractivity contribution in [3.63, 3.8) is 0 Å². The number of nitrogens with zero attached hydrogens (tertiary/aromatic N) is 6. The number of likely N-dealkylation sites (N-methyl/N-ethyl adjacent to an activating group) is 1. The molecule has 0 saturated carbocycles. The number of benzene rings is 1. The van der Waals surface area contributed by atoms with Gasteiger partial charge in [-0.1, -0.05) is 40.3 Å². The number of methoxy groups -OCH3 is 1. The van der Waals surface area contributed by atoms with Crippen LogP contribution in [-0.2, 0) is 46.4 Å². The first-order chi connectivity index (χ1) is 31.4. The number of hydrogen-bond donors (Lipinski definition) is 3. The molecule has 16 nitrogen and oxygen atoms in total. The SMILES string of the molecule is C=CC(=O)N1CC[C@H](C(=O)N(C)[C@H](C(=O)N[C@H]2CC3=CC(O)CN(C3)c3ccc4c(c3)c(c(-c3cccnc3[C@H](C)OC)n4CC)CC(C)(C)COC(=O)[C@@H]3CCCN(N3)C2=O)C(C)C)C1. The third-order valence-electron chi connectivity index (χ3n) is 13.7. The summed E-state index contributed by atoms with van der Waals surface area (Å²) in [4.78, 5) is 79.3. The summed E-state index contributed by atoms with van der Waals surface area (Å²) in [6.07, 6.45) is 5.68. The van der Waals surface area contributed by atoms with Crippen molar-refractivity contribution in [3.05, 3.63) is 72.1 Å². The number of aryl methyl sites for hydroxylation is 1. The Bertz CT molecular complexity index is 2370. The van der Waals surface area contributed by atoms with Crippen molar-refractivity contribution >= 4 is 46.2 Å². The number of rotatable bonds is 10. The number of esters is 1. The lowest BCUT2D eigenvalue weighted by atomic mass is 9.84. The third kappa shape index (κ3) is 10.1. The molecule has 0 aliphatic carbocycles. The van der Waals surface area contributed by atoms with E-state index in [0.717, 1.165) is 44.7 Å². The number of likely N-dealkylation sites (tertiary alicyclic amines) is 1. The molecule has 6 atom stereocenters. The fourth-order valence-corrected chi connectivity index (χ4v) is 10.3. The predicted molar refractivity (Wildman–Crippen MR) is 252 cm³/mol. The number of carbonyl (C=O) groups excluding carboxylic acids is 5. The van der Waals surface area contributed by atoms with Gasteiger partial charge in [0.15, 0.2) is 0 Å². The van der Waals surface area contributed by atoms with Gasteiger partial charge in [0.05, 0.1) is 36.1 Å². The van der Waals surface area contributed by atoms with Crippen LogP contribution in [0.3, 0.4) is 0 Å². The van der Waals surface area contributed by atoms with E-state index in [1.54, 1.807) is 31.3 Å². The molecule has 4 amide bonds. The molecule has 6 bridgehead atoms. The number of carbonyl (C=O) groups is 5. The van der Waals surface area contributed by atoms with E-state index in [1.807, 2.05) is 26.8 Å². The van der Waals surface area contributed by atoms with Gasteiger partial charge in [0.1, 0.15) is 18.1 Å². The van der Waals surface area contributed by atoms with Crippen LogP contribution in [0.1, 0.15) is 84.6 Å². The molecule has 3 aromatic rings. The average Bonchev–Trinajstić information content (AvgIpc) is 3.92. The molecule has 4 aliphatic heterocycles. The van der Waals surface area contributed by atoms with Gasteiger partial charge in [-0.2, -0.15) is 0 Å². The zero-order valence-corrected chi connectivity index (χ0v) is 39.8. The van der Waals surface area contributed by atoms with Crippen LogP contribution < -0.4 is 15.6 Å². The van der Waals surface area contributed by atoms with Crippen LogP contribution in [-0.4, -0.2) is 137 Å². The molecule has 2 aromatic heterocycles. The summed E-state index contributed by atoms with van der Waals surface area (Å²) in [6.45, 7) is 17.9. The highest BCUT2D eigenvalue weighted by Gasteiger charge is 2.41. The summed E-state index contributed by atoms with van der Waals surface area (Å²) in [7, 11) is 3.27. The van der Waals surface area contributed by atoms with E-state index < -0.39 is 53.3 Å². The molecule has 0 radical (unpaired) electrons. The second kappa shape index (κ2) is 20.1. The second-order valence-corrected chi connectivity index (χ2v) is 19.5. The van der Waals surface area contributed by atoms with Gasteiger partial charge in [0, 0.05) is 87.2 Å². The zero-order valence-electron chi connectivity index (χ0n) is 39.8. The van der Waals surface area contributed by atoms with Crippen molar-refractivity contribution in [3.8, 4) is 11.3 Å². The Labute approximate surface area is 388 Å². The topological polar surface area (TPSA) is 179 Å². The minimum atomic E-state index is -1.12. The summed E-state index contributed by atoms with van der Waals surface area (Å²) in [5.74, 6) is -2.75. The highest BCUT2D eigenvalue weighted by atomic mass is 16.5. The Morgan fingerprint density at radius 3 is 2.62 bits per heavy atom. The van der Waals surface area contributed by atoms with Gasteiger partial charge in [-0.15, -0.1) is 0 Å². The van der Waals surface area contributed by atoms with E-state index in [4.69, 9.17) is 14.5 Å². The number of hydrazine groups is 1. The number of pyridine rings is 1. The maximum atomic E-state index is 14.7. The fourth-order valence-electron chi connectivity index (χ4n) is 10.3. The molecule has 1 unspecified atom stereocenters. The summed E-state index contributed by atoms with van der Waals surface area (Å²) < 4.78 is 14.2. The van der Waals surface area contributed by atoms with Crippen LogP contribution in [0.15, 0.2) is 60.8 Å². The van der Waals surface area contributed by atoms with E-state index in [-0.39, 0.29) is 43.4 Å². The van der Waals surface area contributed by atoms with E-state index in [9.17, 15) is 29.1 Å². The highest BCUT2D eigenvalue weighted by Crippen LogP contribution is 2.42. The number of aliphatic hydroxyl groups excluding tert-OH is 1. The van der Waals surface area contributed by atoms with Crippen LogP contribution in [0.25, 0.3) is 22.2 Å². The lowest BCUT2D eigenvalue weighted by molar-refractivity contribution is -0.155. The summed E-state index contributed by atoms with van der Waals surface area (Å²) in [5, 5.41) is 16.9. The van der Waals surface area contributed by atoms with E-state index >= 15 is 0 Å². The number of ether oxygens (including phenoxy) is 2. The first-order valence-corrected chi connectivity index (χ1v) is 23.4. The van der Waals surface area contributed by atoms with Gasteiger partial charge in [-0.25, -0.2) is 5.43 Å². The van der Waals surface area contributed by atoms with E-state index in [0.29, 0.717) is 58.4 Å². The van der Waals surface area contributed by atoms with Crippen LogP contribution in [0.4, 0.5) is 5.69 Å². The van der Waals surface area contributed by atoms with Crippen molar-refractivity contribution in [2.75, 3.05) is 58.4 Å². The molecular formula is C50H68N8O8. The van der Waals surface area contributed by atoms with Crippen LogP contribution >= 0.6 is 0 Å². The van der Waals surface area contributed by atoms with Crippen LogP contribution in [0, 0.1) is 17.3 Å². The van der Waals surface area contributed by atoms with Crippen LogP contribution in [0.5, 0.6) is 0 Å². The molecule has 7 rings (SSSR count). The summed E-state index contributed by atoms with van der Waals surface area (Å²) in [6, 6.07) is 7.50. The molecule has 66 heavy (non-hydrogen) atoms. The number of amides is 4. The number of fused-ring (bicyclic) bond motifs is 6. The van der Waals surface area contributed by atoms with E-state index in [2.05, 4.69) is 71.8 Å². The largest absolute Gasteiger partial charge is 0.464 e. The van der Waals surface area contributed by atoms with Crippen molar-refractivity contribution in [2.45, 2.75) is 111 Å². The Balaban J connectivity index is 1.27. The standard InChI is InChI=1S/C50H68N8O8/c1-10-42(60)55-21-18-33(27-55)47(62)54(8)44(30(3)4)46(61)52-40-23-32-22-35(59)28-56(26-32)34-16-17-41-37(24-34)38(45(57(41)11-2)36-14-12-19-51-43(36)31(5)65-9)25-50(6,7)29-66-49(64)39-15-13-20-58(53-39)48(40)63/h10,12,14,16-17,19,22,24,30-31,33,35,39-40,44,53,59H,1,11,13,15,18,20-21,23,25-29H2,2-9H3,(H,52,61)/t31-,33-,35?,39-,40-,44-/m0/s1. The van der Waals surface area contributed by atoms with Gasteiger partial charge in [-0.3, -0.25) is 34.0 Å². The van der Waals surface area contributed by atoms with Crippen molar-refractivity contribution in [1.29, 1.82) is 0 Å². The number of anilines is 1. The maximum Gasteiger partial charge on any atom is 0.324 e. The van der Waals surface area contributed by atoms with Crippen LogP contribution in [0.2, 0.25) is 0 Å². The minimum absolute atomic E-state index is 0.0642. The smallest absolute Gasteiger partial charge is 0.324 e. The third-order valence-corrected chi connectivity index (χ3v) is 13.7. The van der Waals surface area contributed by atoms with E-state index in [1.165, 1.54) is 16.0 Å². The molecule has 3 N–H and O–H groups in total. The monoisotopic (exact) mass is 909 g/mol. The van der Waals surface area contributed by atoms with Crippen molar-refractivity contribution in [2.24, 2.45) is 17.3 Å². The van der Waals surface area contributed by atoms with Gasteiger partial charge in [-0.05, 0) is 99.4 Å². The number of hydrogen-bond acceptors (Lipinski definition) is 11. The minimum Gasteiger partial charge on any atom is -0.464 e. The number of cyclic esters (lactones) is 1.